The summed E-state index contributed by atoms with van der Waals surface area (Å²) in [6.07, 6.45) is 0.363. The molecule has 72 valence electrons. The van der Waals surface area contributed by atoms with Crippen LogP contribution in [0.3, 0.4) is 0 Å². The molecule has 4 N–H and O–H groups in total. The Bertz CT molecular complexity index is 330. The van der Waals surface area contributed by atoms with Gasteiger partial charge in [-0.1, -0.05) is 0 Å². The number of phenols is 2. The SMILES string of the molecule is NCCc1cc(Br)c(O)c(F)c1O. The predicted octanol–water partition coefficient (Wildman–Crippen LogP) is 1.50. The Morgan fingerprint density at radius 3 is 2.54 bits per heavy atom. The number of hydrogen-bond donors (Lipinski definition) is 3. The molecule has 0 aliphatic rings. The highest BCUT2D eigenvalue weighted by Gasteiger charge is 2.14. The zero-order valence-corrected chi connectivity index (χ0v) is 8.31. The molecular weight excluding hydrogens is 241 g/mol. The molecule has 0 heterocycles. The van der Waals surface area contributed by atoms with Crippen LogP contribution in [0.15, 0.2) is 10.5 Å². The van der Waals surface area contributed by atoms with Crippen LogP contribution in [0.25, 0.3) is 0 Å². The van der Waals surface area contributed by atoms with Gasteiger partial charge in [-0.2, -0.15) is 4.39 Å². The number of hydrogen-bond acceptors (Lipinski definition) is 3. The Labute approximate surface area is 83.1 Å². The normalized spacial score (nSPS) is 10.4. The minimum absolute atomic E-state index is 0.214. The lowest BCUT2D eigenvalue weighted by atomic mass is 10.1. The summed E-state index contributed by atoms with van der Waals surface area (Å²) < 4.78 is 13.2. The standard InChI is InChI=1S/C8H9BrFNO2/c9-5-3-4(1-2-11)7(12)6(10)8(5)13/h3,12-13H,1-2,11H2. The highest BCUT2D eigenvalue weighted by atomic mass is 79.9. The van der Waals surface area contributed by atoms with Gasteiger partial charge < -0.3 is 15.9 Å². The smallest absolute Gasteiger partial charge is 0.207 e. The molecule has 0 saturated carbocycles. The number of nitrogens with two attached hydrogens (primary N) is 1. The molecule has 0 unspecified atom stereocenters. The third-order valence-electron chi connectivity index (χ3n) is 1.66. The summed E-state index contributed by atoms with van der Waals surface area (Å²) in [5, 5.41) is 18.3. The van der Waals surface area contributed by atoms with Crippen molar-refractivity contribution in [3.05, 3.63) is 21.9 Å². The van der Waals surface area contributed by atoms with Crippen molar-refractivity contribution in [2.75, 3.05) is 6.54 Å². The van der Waals surface area contributed by atoms with Crippen molar-refractivity contribution < 1.29 is 14.6 Å². The molecule has 0 amide bonds. The Hall–Kier alpha value is -0.810. The average Bonchev–Trinajstić information content (AvgIpc) is 2.11. The second-order valence-electron chi connectivity index (χ2n) is 2.57. The Balaban J connectivity index is 3.24. The number of halogens is 2. The van der Waals surface area contributed by atoms with Gasteiger partial charge in [-0.05, 0) is 40.5 Å². The predicted molar refractivity (Wildman–Crippen MR) is 50.2 cm³/mol. The third-order valence-corrected chi connectivity index (χ3v) is 2.27. The van der Waals surface area contributed by atoms with Crippen molar-refractivity contribution in [1.29, 1.82) is 0 Å². The first-order chi connectivity index (χ1) is 6.07. The Kier molecular flexibility index (Phi) is 3.11. The highest BCUT2D eigenvalue weighted by molar-refractivity contribution is 9.10. The average molecular weight is 250 g/mol. The molecule has 1 aromatic rings. The molecule has 0 spiro atoms. The highest BCUT2D eigenvalue weighted by Crippen LogP contribution is 2.35. The quantitative estimate of drug-likeness (QED) is 0.745. The fourth-order valence-electron chi connectivity index (χ4n) is 0.994. The van der Waals surface area contributed by atoms with E-state index in [1.54, 1.807) is 0 Å². The lowest BCUT2D eigenvalue weighted by molar-refractivity contribution is 0.383. The van der Waals surface area contributed by atoms with Gasteiger partial charge in [0.1, 0.15) is 0 Å². The molecule has 0 radical (unpaired) electrons. The van der Waals surface area contributed by atoms with Crippen molar-refractivity contribution in [3.8, 4) is 11.5 Å². The molecule has 1 rings (SSSR count). The van der Waals surface area contributed by atoms with Crippen LogP contribution in [0.2, 0.25) is 0 Å². The van der Waals surface area contributed by atoms with E-state index in [2.05, 4.69) is 15.9 Å². The van der Waals surface area contributed by atoms with E-state index in [-0.39, 0.29) is 4.47 Å². The van der Waals surface area contributed by atoms with Crippen molar-refractivity contribution in [3.63, 3.8) is 0 Å². The Morgan fingerprint density at radius 2 is 2.00 bits per heavy atom. The molecule has 13 heavy (non-hydrogen) atoms. The number of aromatic hydroxyl groups is 2. The van der Waals surface area contributed by atoms with Gasteiger partial charge in [-0.3, -0.25) is 0 Å². The van der Waals surface area contributed by atoms with Gasteiger partial charge in [-0.15, -0.1) is 0 Å². The maximum atomic E-state index is 13.0. The van der Waals surface area contributed by atoms with E-state index in [1.165, 1.54) is 6.07 Å². The molecule has 3 nitrogen and oxygen atoms in total. The molecular formula is C8H9BrFNO2. The van der Waals surface area contributed by atoms with E-state index in [9.17, 15) is 9.50 Å². The first kappa shape index (κ1) is 10.3. The molecule has 1 aromatic carbocycles. The zero-order chi connectivity index (χ0) is 10.0. The van der Waals surface area contributed by atoms with Crippen molar-refractivity contribution in [2.24, 2.45) is 5.73 Å². The summed E-state index contributed by atoms with van der Waals surface area (Å²) in [6, 6.07) is 1.45. The molecule has 0 bridgehead atoms. The largest absolute Gasteiger partial charge is 0.505 e. The third kappa shape index (κ3) is 1.92. The van der Waals surface area contributed by atoms with Crippen molar-refractivity contribution >= 4 is 15.9 Å². The van der Waals surface area contributed by atoms with Crippen LogP contribution < -0.4 is 5.73 Å². The van der Waals surface area contributed by atoms with E-state index >= 15 is 0 Å². The summed E-state index contributed by atoms with van der Waals surface area (Å²) in [7, 11) is 0. The lowest BCUT2D eigenvalue weighted by Gasteiger charge is -2.06. The maximum Gasteiger partial charge on any atom is 0.207 e. The monoisotopic (exact) mass is 249 g/mol. The van der Waals surface area contributed by atoms with Crippen LogP contribution in [0, 0.1) is 5.82 Å². The summed E-state index contributed by atoms with van der Waals surface area (Å²) in [6.45, 7) is 0.310. The van der Waals surface area contributed by atoms with Crippen LogP contribution >= 0.6 is 15.9 Å². The number of phenolic OH excluding ortho intramolecular Hbond substituents is 2. The molecule has 0 aliphatic heterocycles. The van der Waals surface area contributed by atoms with Gasteiger partial charge in [0, 0.05) is 0 Å². The minimum Gasteiger partial charge on any atom is -0.505 e. The van der Waals surface area contributed by atoms with Crippen molar-refractivity contribution in [2.45, 2.75) is 6.42 Å². The van der Waals surface area contributed by atoms with Gasteiger partial charge in [-0.25, -0.2) is 0 Å². The van der Waals surface area contributed by atoms with Gasteiger partial charge >= 0.3 is 0 Å². The number of benzene rings is 1. The van der Waals surface area contributed by atoms with Gasteiger partial charge in [0.2, 0.25) is 5.82 Å². The molecule has 0 aromatic heterocycles. The van der Waals surface area contributed by atoms with Crippen LogP contribution in [-0.4, -0.2) is 16.8 Å². The van der Waals surface area contributed by atoms with Gasteiger partial charge in [0.05, 0.1) is 4.47 Å². The van der Waals surface area contributed by atoms with Crippen LogP contribution in [-0.2, 0) is 6.42 Å². The fraction of sp³-hybridized carbons (Fsp3) is 0.250. The van der Waals surface area contributed by atoms with Gasteiger partial charge in [0.25, 0.3) is 0 Å². The second-order valence-corrected chi connectivity index (χ2v) is 3.42. The molecule has 0 atom stereocenters. The number of rotatable bonds is 2. The second kappa shape index (κ2) is 3.93. The minimum atomic E-state index is -1.02. The molecule has 0 saturated heterocycles. The van der Waals surface area contributed by atoms with Crippen molar-refractivity contribution in [1.82, 2.24) is 0 Å². The van der Waals surface area contributed by atoms with Crippen LogP contribution in [0.4, 0.5) is 4.39 Å². The van der Waals surface area contributed by atoms with E-state index in [1.807, 2.05) is 0 Å². The summed E-state index contributed by atoms with van der Waals surface area (Å²) in [4.78, 5) is 0. The van der Waals surface area contributed by atoms with E-state index in [0.29, 0.717) is 18.5 Å². The summed E-state index contributed by atoms with van der Waals surface area (Å²) in [5.74, 6) is -2.14. The van der Waals surface area contributed by atoms with Gasteiger partial charge in [0.15, 0.2) is 11.5 Å². The fourth-order valence-corrected chi connectivity index (χ4v) is 1.44. The first-order valence-corrected chi connectivity index (χ1v) is 4.46. The zero-order valence-electron chi connectivity index (χ0n) is 6.72. The maximum absolute atomic E-state index is 13.0. The van der Waals surface area contributed by atoms with Crippen LogP contribution in [0.5, 0.6) is 11.5 Å². The summed E-state index contributed by atoms with van der Waals surface area (Å²) in [5.41, 5.74) is 5.64. The molecule has 0 aliphatic carbocycles. The lowest BCUT2D eigenvalue weighted by Crippen LogP contribution is -2.03. The molecule has 5 heteroatoms. The first-order valence-electron chi connectivity index (χ1n) is 3.66. The van der Waals surface area contributed by atoms with E-state index in [0.717, 1.165) is 0 Å². The van der Waals surface area contributed by atoms with Crippen LogP contribution in [0.1, 0.15) is 5.56 Å². The van der Waals surface area contributed by atoms with E-state index in [4.69, 9.17) is 10.8 Å². The molecule has 0 fully saturated rings. The van der Waals surface area contributed by atoms with E-state index < -0.39 is 17.3 Å². The topological polar surface area (TPSA) is 66.5 Å². The summed E-state index contributed by atoms with van der Waals surface area (Å²) >= 11 is 2.96. The Morgan fingerprint density at radius 1 is 1.38 bits per heavy atom.